The van der Waals surface area contributed by atoms with Gasteiger partial charge in [0.2, 0.25) is 0 Å². The molecule has 0 aromatic rings. The van der Waals surface area contributed by atoms with Gasteiger partial charge < -0.3 is 0 Å². The molecular formula is C4H7NOW. The molecule has 1 heterocycles. The van der Waals surface area contributed by atoms with E-state index in [0.717, 1.165) is 6.61 Å². The Morgan fingerprint density at radius 3 is 2.86 bits per heavy atom. The molecule has 40 valence electrons. The second kappa shape index (κ2) is 2.70. The van der Waals surface area contributed by atoms with Crippen LogP contribution in [0.25, 0.3) is 0 Å². The SMILES string of the molecule is [W]=[C]1CCCON1. The Labute approximate surface area is 53.6 Å². The van der Waals surface area contributed by atoms with Crippen LogP contribution < -0.4 is 5.48 Å². The van der Waals surface area contributed by atoms with Gasteiger partial charge in [0, 0.05) is 0 Å². The molecule has 3 heteroatoms. The van der Waals surface area contributed by atoms with Crippen LogP contribution in [0.1, 0.15) is 12.8 Å². The first-order valence-electron chi connectivity index (χ1n) is 2.30. The first-order valence-corrected chi connectivity index (χ1v) is 3.77. The van der Waals surface area contributed by atoms with Gasteiger partial charge in [0.05, 0.1) is 0 Å². The van der Waals surface area contributed by atoms with Gasteiger partial charge in [-0.25, -0.2) is 0 Å². The zero-order chi connectivity index (χ0) is 5.11. The minimum atomic E-state index is 0.872. The van der Waals surface area contributed by atoms with Crippen LogP contribution in [-0.2, 0) is 24.2 Å². The second-order valence-electron chi connectivity index (χ2n) is 1.48. The van der Waals surface area contributed by atoms with Crippen LogP contribution in [0.2, 0.25) is 0 Å². The van der Waals surface area contributed by atoms with Crippen LogP contribution in [-0.4, -0.2) is 10.6 Å². The first kappa shape index (κ1) is 5.61. The van der Waals surface area contributed by atoms with Crippen LogP contribution in [0.3, 0.4) is 0 Å². The van der Waals surface area contributed by atoms with E-state index in [9.17, 15) is 0 Å². The summed E-state index contributed by atoms with van der Waals surface area (Å²) in [5.41, 5.74) is 2.84. The Kier molecular flexibility index (Phi) is 2.17. The molecule has 1 fully saturated rings. The van der Waals surface area contributed by atoms with Crippen LogP contribution >= 0.6 is 0 Å². The van der Waals surface area contributed by atoms with E-state index in [-0.39, 0.29) is 0 Å². The molecule has 1 saturated heterocycles. The van der Waals surface area contributed by atoms with Crippen LogP contribution in [0.5, 0.6) is 0 Å². The van der Waals surface area contributed by atoms with Crippen molar-refractivity contribution in [2.75, 3.05) is 6.61 Å². The van der Waals surface area contributed by atoms with Crippen molar-refractivity contribution in [3.8, 4) is 0 Å². The van der Waals surface area contributed by atoms with E-state index >= 15 is 0 Å². The Morgan fingerprint density at radius 2 is 2.57 bits per heavy atom. The van der Waals surface area contributed by atoms with E-state index < -0.39 is 0 Å². The fourth-order valence-electron chi connectivity index (χ4n) is 0.487. The quantitative estimate of drug-likeness (QED) is 0.667. The molecule has 0 aromatic heterocycles. The maximum absolute atomic E-state index is 4.92. The molecule has 1 rings (SSSR count). The van der Waals surface area contributed by atoms with Gasteiger partial charge in [-0.2, -0.15) is 0 Å². The van der Waals surface area contributed by atoms with Crippen molar-refractivity contribution in [1.29, 1.82) is 0 Å². The first-order chi connectivity index (χ1) is 3.39. The topological polar surface area (TPSA) is 21.3 Å². The number of nitrogens with one attached hydrogen (secondary N) is 1. The van der Waals surface area contributed by atoms with E-state index in [0.29, 0.717) is 0 Å². The van der Waals surface area contributed by atoms with Gasteiger partial charge in [0.15, 0.2) is 0 Å². The number of hydrogen-bond donors (Lipinski definition) is 1. The third-order valence-corrected chi connectivity index (χ3v) is 1.87. The van der Waals surface area contributed by atoms with Gasteiger partial charge in [-0.05, 0) is 0 Å². The maximum atomic E-state index is 4.92. The molecule has 0 unspecified atom stereocenters. The van der Waals surface area contributed by atoms with E-state index in [1.807, 2.05) is 0 Å². The summed E-state index contributed by atoms with van der Waals surface area (Å²) in [6, 6.07) is 0. The molecule has 1 aliphatic heterocycles. The predicted octanol–water partition coefficient (Wildman–Crippen LogP) is -0.0219. The van der Waals surface area contributed by atoms with Crippen LogP contribution in [0.15, 0.2) is 0 Å². The van der Waals surface area contributed by atoms with Crippen LogP contribution in [0.4, 0.5) is 0 Å². The summed E-state index contributed by atoms with van der Waals surface area (Å²) in [7, 11) is 0. The van der Waals surface area contributed by atoms with Gasteiger partial charge in [0.25, 0.3) is 0 Å². The van der Waals surface area contributed by atoms with Gasteiger partial charge in [-0.15, -0.1) is 0 Å². The molecule has 0 spiro atoms. The average molecular weight is 269 g/mol. The standard InChI is InChI=1S/C4H7NO.W/c1-2-4-6-5-3-1;/h5H,1-2,4H2;. The second-order valence-corrected chi connectivity index (χ2v) is 3.25. The normalized spacial score (nSPS) is 22.6. The summed E-state index contributed by atoms with van der Waals surface area (Å²) in [5, 5.41) is 0. The van der Waals surface area contributed by atoms with Crippen molar-refractivity contribution >= 4 is 4.02 Å². The Balaban J connectivity index is 2.25. The molecule has 0 atom stereocenters. The number of rotatable bonds is 0. The molecule has 0 aliphatic carbocycles. The molecule has 1 N–H and O–H groups in total. The molecule has 0 aromatic carbocycles. The van der Waals surface area contributed by atoms with Crippen molar-refractivity contribution in [3.63, 3.8) is 0 Å². The zero-order valence-electron chi connectivity index (χ0n) is 3.94. The Morgan fingerprint density at radius 1 is 1.71 bits per heavy atom. The predicted molar refractivity (Wildman–Crippen MR) is 23.3 cm³/mol. The van der Waals surface area contributed by atoms with Crippen molar-refractivity contribution in [2.24, 2.45) is 0 Å². The fraction of sp³-hybridized carbons (Fsp3) is 0.750. The summed E-state index contributed by atoms with van der Waals surface area (Å²) < 4.78 is 1.33. The molecule has 1 aliphatic rings. The molecule has 0 radical (unpaired) electrons. The molecule has 0 bridgehead atoms. The van der Waals surface area contributed by atoms with Crippen molar-refractivity contribution < 1.29 is 24.2 Å². The summed E-state index contributed by atoms with van der Waals surface area (Å²) >= 11 is 1.50. The van der Waals surface area contributed by atoms with Gasteiger partial charge in [-0.1, -0.05) is 0 Å². The summed E-state index contributed by atoms with van der Waals surface area (Å²) in [6.07, 6.45) is 2.39. The average Bonchev–Trinajstić information content (AvgIpc) is 1.69. The van der Waals surface area contributed by atoms with E-state index in [1.165, 1.54) is 36.2 Å². The van der Waals surface area contributed by atoms with Gasteiger partial charge >= 0.3 is 53.1 Å². The van der Waals surface area contributed by atoms with Gasteiger partial charge in [-0.3, -0.25) is 0 Å². The molecule has 7 heavy (non-hydrogen) atoms. The number of hydrogen-bond acceptors (Lipinski definition) is 2. The van der Waals surface area contributed by atoms with E-state index in [2.05, 4.69) is 5.48 Å². The molecule has 2 nitrogen and oxygen atoms in total. The Bertz CT molecular complexity index is 75.8. The third-order valence-electron chi connectivity index (χ3n) is 0.836. The van der Waals surface area contributed by atoms with E-state index in [1.54, 1.807) is 0 Å². The molecule has 0 saturated carbocycles. The third kappa shape index (κ3) is 1.81. The summed E-state index contributed by atoms with van der Waals surface area (Å²) in [6.45, 7) is 0.872. The molecular weight excluding hydrogens is 262 g/mol. The zero-order valence-corrected chi connectivity index (χ0v) is 6.87. The van der Waals surface area contributed by atoms with Crippen molar-refractivity contribution in [2.45, 2.75) is 12.8 Å². The van der Waals surface area contributed by atoms with E-state index in [4.69, 9.17) is 4.84 Å². The van der Waals surface area contributed by atoms with Gasteiger partial charge in [0.1, 0.15) is 0 Å². The van der Waals surface area contributed by atoms with Crippen molar-refractivity contribution in [3.05, 3.63) is 0 Å². The van der Waals surface area contributed by atoms with Crippen LogP contribution in [0, 0.1) is 0 Å². The minimum absolute atomic E-state index is 0.872. The number of hydroxylamine groups is 1. The summed E-state index contributed by atoms with van der Waals surface area (Å²) in [5.74, 6) is 0. The fourth-order valence-corrected chi connectivity index (χ4v) is 1.22. The summed E-state index contributed by atoms with van der Waals surface area (Å²) in [4.78, 5) is 4.92. The Hall–Kier alpha value is 0.478. The monoisotopic (exact) mass is 269 g/mol. The van der Waals surface area contributed by atoms with Crippen molar-refractivity contribution in [1.82, 2.24) is 5.48 Å². The molecule has 0 amide bonds.